The van der Waals surface area contributed by atoms with Crippen LogP contribution < -0.4 is 49.6 Å². The van der Waals surface area contributed by atoms with E-state index in [2.05, 4.69) is 0 Å². The molecule has 0 nitrogen and oxygen atoms in total. The third kappa shape index (κ3) is 49.6. The Bertz CT molecular complexity index is 8.00. The summed E-state index contributed by atoms with van der Waals surface area (Å²) < 4.78 is 0. The zero-order chi connectivity index (χ0) is 0. The molecule has 8 heteroatoms. The molecule has 0 aliphatic rings. The van der Waals surface area contributed by atoms with Gasteiger partial charge in [0.05, 0.1) is 0 Å². The maximum absolute atomic E-state index is 0. The molecule has 0 heterocycles. The zero-order valence-electron chi connectivity index (χ0n) is 2.72. The summed E-state index contributed by atoms with van der Waals surface area (Å²) in [6, 6.07) is 0. The quantitative estimate of drug-likeness (QED) is 0.253. The van der Waals surface area contributed by atoms with Crippen LogP contribution in [0.1, 0.15) is 0 Å². The van der Waals surface area contributed by atoms with Gasteiger partial charge in [-0.2, -0.15) is 0 Å². The van der Waals surface area contributed by atoms with Crippen molar-refractivity contribution in [1.29, 1.82) is 0 Å². The van der Waals surface area contributed by atoms with Gasteiger partial charge in [0.15, 0.2) is 0 Å². The first-order valence-electron chi connectivity index (χ1n) is 0. The summed E-state index contributed by atoms with van der Waals surface area (Å²) in [6.45, 7) is 0. The number of rotatable bonds is 0. The van der Waals surface area contributed by atoms with Gasteiger partial charge in [0.1, 0.15) is 0 Å². The molecule has 0 spiro atoms. The molecule has 0 atom stereocenters. The second-order valence-electron chi connectivity index (χ2n) is 0. The van der Waals surface area contributed by atoms with E-state index in [1.165, 1.54) is 0 Å². The van der Waals surface area contributed by atoms with Gasteiger partial charge in [0.2, 0.25) is 0 Å². The monoisotopic (exact) mass is 567 g/mol. The predicted molar refractivity (Wildman–Crippen MR) is 0 cm³/mol. The van der Waals surface area contributed by atoms with E-state index in [0.29, 0.717) is 0 Å². The summed E-state index contributed by atoms with van der Waals surface area (Å²) in [4.78, 5) is 0. The number of halogens is 4. The minimum Gasteiger partial charge on any atom is -1.00 e. The first kappa shape index (κ1) is 88.3. The Balaban J connectivity index is 0. The van der Waals surface area contributed by atoms with Crippen LogP contribution in [0.2, 0.25) is 0 Å². The Labute approximate surface area is 137 Å². The van der Waals surface area contributed by atoms with E-state index in [9.17, 15) is 0 Å². The van der Waals surface area contributed by atoms with Gasteiger partial charge in [-0.05, 0) is 0 Å². The molecule has 0 aromatic carbocycles. The normalized spacial score (nSPS) is 0. The van der Waals surface area contributed by atoms with Crippen molar-refractivity contribution in [3.63, 3.8) is 0 Å². The molecule has 0 aromatic heterocycles. The van der Waals surface area contributed by atoms with Gasteiger partial charge >= 0.3 is 89.5 Å². The second kappa shape index (κ2) is 67.1. The molecule has 0 radical (unpaired) electrons. The Morgan fingerprint density at radius 1 is 0.250 bits per heavy atom. The van der Waals surface area contributed by atoms with Crippen LogP contribution in [0.3, 0.4) is 0 Å². The van der Waals surface area contributed by atoms with Crippen LogP contribution in [0.25, 0.3) is 0 Å². The van der Waals surface area contributed by atoms with E-state index in [1.807, 2.05) is 0 Å². The molecule has 0 aliphatic heterocycles. The van der Waals surface area contributed by atoms with E-state index in [0.717, 1.165) is 0 Å². The summed E-state index contributed by atoms with van der Waals surface area (Å²) in [7, 11) is 0. The minimum atomic E-state index is 0. The van der Waals surface area contributed by atoms with E-state index >= 15 is 0 Å². The first-order valence-corrected chi connectivity index (χ1v) is 0. The zero-order valence-corrected chi connectivity index (χ0v) is 11.7. The van der Waals surface area contributed by atoms with Crippen molar-refractivity contribution in [2.24, 2.45) is 0 Å². The Morgan fingerprint density at radius 3 is 0.250 bits per heavy atom. The van der Waals surface area contributed by atoms with Gasteiger partial charge in [0, 0.05) is 0 Å². The standard InChI is InChI=1S/4Ag.4ClH/h;;;;4*1H/q4*+1;;;;/p-4. The van der Waals surface area contributed by atoms with Gasteiger partial charge in [-0.25, -0.2) is 0 Å². The predicted octanol–water partition coefficient (Wildman–Crippen LogP) is -12.0. The van der Waals surface area contributed by atoms with E-state index in [4.69, 9.17) is 0 Å². The van der Waals surface area contributed by atoms with E-state index in [1.54, 1.807) is 0 Å². The first-order chi connectivity index (χ1) is 0. The molecule has 0 saturated heterocycles. The van der Waals surface area contributed by atoms with Gasteiger partial charge in [-0.15, -0.1) is 0 Å². The maximum Gasteiger partial charge on any atom is 1.00 e. The number of hydrogen-bond acceptors (Lipinski definition) is 0. The van der Waals surface area contributed by atoms with Gasteiger partial charge in [-0.3, -0.25) is 0 Å². The molecule has 0 N–H and O–H groups in total. The van der Waals surface area contributed by atoms with Crippen LogP contribution in [-0.2, 0) is 89.5 Å². The second-order valence-corrected chi connectivity index (χ2v) is 0. The van der Waals surface area contributed by atoms with Gasteiger partial charge in [-0.1, -0.05) is 0 Å². The van der Waals surface area contributed by atoms with Gasteiger partial charge in [0.25, 0.3) is 0 Å². The maximum atomic E-state index is 0. The molecule has 0 bridgehead atoms. The average Bonchev–Trinajstić information content (AvgIpc) is 0. The summed E-state index contributed by atoms with van der Waals surface area (Å²) in [5.41, 5.74) is 0. The van der Waals surface area contributed by atoms with Crippen molar-refractivity contribution >= 4 is 0 Å². The summed E-state index contributed by atoms with van der Waals surface area (Å²) in [5, 5.41) is 0. The summed E-state index contributed by atoms with van der Waals surface area (Å²) in [6.07, 6.45) is 0. The van der Waals surface area contributed by atoms with Crippen molar-refractivity contribution in [3.8, 4) is 0 Å². The van der Waals surface area contributed by atoms with Crippen molar-refractivity contribution < 1.29 is 139 Å². The number of hydrogen-bond donors (Lipinski definition) is 0. The van der Waals surface area contributed by atoms with Crippen LogP contribution in [0.4, 0.5) is 0 Å². The van der Waals surface area contributed by atoms with E-state index in [-0.39, 0.29) is 139 Å². The van der Waals surface area contributed by atoms with Crippen molar-refractivity contribution in [2.75, 3.05) is 0 Å². The van der Waals surface area contributed by atoms with Crippen LogP contribution >= 0.6 is 0 Å². The Morgan fingerprint density at radius 2 is 0.250 bits per heavy atom. The van der Waals surface area contributed by atoms with Crippen LogP contribution in [-0.4, -0.2) is 0 Å². The Hall–Kier alpha value is 4.12. The molecular formula is Ag4Cl4. The van der Waals surface area contributed by atoms with Crippen LogP contribution in [0, 0.1) is 0 Å². The molecule has 0 aliphatic carbocycles. The minimum absolute atomic E-state index is 0. The molecule has 0 rings (SSSR count). The summed E-state index contributed by atoms with van der Waals surface area (Å²) in [5.74, 6) is 0. The molecular weight excluding hydrogens is 573 g/mol. The fraction of sp³-hybridized carbons (Fsp3) is 0. The smallest absolute Gasteiger partial charge is 1.00 e. The fourth-order valence-corrected chi connectivity index (χ4v) is 0. The molecule has 8 heavy (non-hydrogen) atoms. The van der Waals surface area contributed by atoms with Crippen LogP contribution in [0.15, 0.2) is 0 Å². The molecule has 0 saturated carbocycles. The SMILES string of the molecule is [Ag+].[Ag+].[Ag+].[Ag+].[Cl-].[Cl-].[Cl-].[Cl-]. The Kier molecular flexibility index (Phi) is 740. The topological polar surface area (TPSA) is 0 Å². The molecule has 0 aromatic rings. The van der Waals surface area contributed by atoms with Gasteiger partial charge < -0.3 is 49.6 Å². The van der Waals surface area contributed by atoms with Crippen molar-refractivity contribution in [3.05, 3.63) is 0 Å². The van der Waals surface area contributed by atoms with E-state index < -0.39 is 0 Å². The fourth-order valence-electron chi connectivity index (χ4n) is 0. The largest absolute Gasteiger partial charge is 1.00 e. The van der Waals surface area contributed by atoms with Crippen molar-refractivity contribution in [1.82, 2.24) is 0 Å². The summed E-state index contributed by atoms with van der Waals surface area (Å²) >= 11 is 0. The third-order valence-electron chi connectivity index (χ3n) is 0. The van der Waals surface area contributed by atoms with Crippen LogP contribution in [0.5, 0.6) is 0 Å². The molecule has 0 amide bonds. The molecule has 0 fully saturated rings. The average molecular weight is 573 g/mol. The molecule has 0 unspecified atom stereocenters. The van der Waals surface area contributed by atoms with Crippen molar-refractivity contribution in [2.45, 2.75) is 0 Å². The third-order valence-corrected chi connectivity index (χ3v) is 0. The molecule has 72 valence electrons.